The number of aliphatic hydroxyl groups is 1. The second-order valence-electron chi connectivity index (χ2n) is 7.80. The molecule has 5 nitrogen and oxygen atoms in total. The molecule has 0 aliphatic heterocycles. The summed E-state index contributed by atoms with van der Waals surface area (Å²) in [6, 6.07) is 13.8. The number of rotatable bonds is 6. The number of aromatic nitrogens is 2. The first kappa shape index (κ1) is 19.1. The largest absolute Gasteiger partial charge is 0.497 e. The van der Waals surface area contributed by atoms with E-state index in [-0.39, 0.29) is 11.7 Å². The zero-order chi connectivity index (χ0) is 19.8. The van der Waals surface area contributed by atoms with Crippen molar-refractivity contribution in [2.24, 2.45) is 5.92 Å². The molecule has 0 saturated heterocycles. The van der Waals surface area contributed by atoms with Gasteiger partial charge in [-0.1, -0.05) is 32.0 Å². The van der Waals surface area contributed by atoms with Crippen molar-refractivity contribution in [2.75, 3.05) is 7.11 Å². The first-order valence-electron chi connectivity index (χ1n) is 9.11. The molecule has 0 amide bonds. The fourth-order valence-electron chi connectivity index (χ4n) is 3.08. The number of fused-ring (bicyclic) bond motifs is 1. The number of benzene rings is 2. The Morgan fingerprint density at radius 2 is 1.78 bits per heavy atom. The summed E-state index contributed by atoms with van der Waals surface area (Å²) in [5, 5.41) is 15.6. The zero-order valence-electron chi connectivity index (χ0n) is 16.5. The summed E-state index contributed by atoms with van der Waals surface area (Å²) in [5.41, 5.74) is 2.43. The monoisotopic (exact) mass is 366 g/mol. The lowest BCUT2D eigenvalue weighted by Crippen LogP contribution is -2.26. The zero-order valence-corrected chi connectivity index (χ0v) is 16.5. The molecule has 1 N–H and O–H groups in total. The number of ether oxygens (including phenoxy) is 1. The van der Waals surface area contributed by atoms with Gasteiger partial charge in [0.1, 0.15) is 11.4 Å². The van der Waals surface area contributed by atoms with Crippen molar-refractivity contribution in [1.29, 1.82) is 0 Å². The standard InChI is InChI=1S/C22H26N2O3/c1-14(2)21(25)20-18-11-8-16(15-6-9-17(27-5)10-7-15)12-19(18)24(23-20)13-22(3,4)26/h6-12,14,26H,13H2,1-5H3. The van der Waals surface area contributed by atoms with Gasteiger partial charge in [0, 0.05) is 11.3 Å². The van der Waals surface area contributed by atoms with E-state index < -0.39 is 5.60 Å². The Morgan fingerprint density at radius 1 is 1.15 bits per heavy atom. The second-order valence-corrected chi connectivity index (χ2v) is 7.80. The fraction of sp³-hybridized carbons (Fsp3) is 0.364. The molecule has 5 heteroatoms. The van der Waals surface area contributed by atoms with Gasteiger partial charge in [0.05, 0.1) is 24.8 Å². The van der Waals surface area contributed by atoms with E-state index >= 15 is 0 Å². The molecule has 1 heterocycles. The highest BCUT2D eigenvalue weighted by atomic mass is 16.5. The van der Waals surface area contributed by atoms with Crippen molar-refractivity contribution in [3.8, 4) is 16.9 Å². The smallest absolute Gasteiger partial charge is 0.186 e. The number of carbonyl (C=O) groups excluding carboxylic acids is 1. The summed E-state index contributed by atoms with van der Waals surface area (Å²) in [5.74, 6) is 0.670. The molecule has 3 aromatic rings. The van der Waals surface area contributed by atoms with Gasteiger partial charge in [0.15, 0.2) is 5.78 Å². The summed E-state index contributed by atoms with van der Waals surface area (Å²) in [4.78, 5) is 12.6. The van der Waals surface area contributed by atoms with Crippen LogP contribution in [-0.2, 0) is 6.54 Å². The fourth-order valence-corrected chi connectivity index (χ4v) is 3.08. The Hall–Kier alpha value is -2.66. The van der Waals surface area contributed by atoms with E-state index in [1.165, 1.54) is 0 Å². The number of methoxy groups -OCH3 is 1. The first-order valence-corrected chi connectivity index (χ1v) is 9.11. The molecule has 27 heavy (non-hydrogen) atoms. The van der Waals surface area contributed by atoms with Crippen molar-refractivity contribution < 1.29 is 14.6 Å². The molecular formula is C22H26N2O3. The maximum absolute atomic E-state index is 12.6. The lowest BCUT2D eigenvalue weighted by molar-refractivity contribution is 0.0587. The molecule has 0 unspecified atom stereocenters. The average molecular weight is 366 g/mol. The van der Waals surface area contributed by atoms with Crippen LogP contribution < -0.4 is 4.74 Å². The highest BCUT2D eigenvalue weighted by Gasteiger charge is 2.23. The van der Waals surface area contributed by atoms with E-state index in [0.717, 1.165) is 27.8 Å². The van der Waals surface area contributed by atoms with Gasteiger partial charge in [0.25, 0.3) is 0 Å². The maximum atomic E-state index is 12.6. The quantitative estimate of drug-likeness (QED) is 0.660. The molecule has 0 fully saturated rings. The number of Topliss-reactive ketones (excluding diaryl/α,β-unsaturated/α-hetero) is 1. The summed E-state index contributed by atoms with van der Waals surface area (Å²) in [6.45, 7) is 7.51. The average Bonchev–Trinajstić information content (AvgIpc) is 2.97. The third kappa shape index (κ3) is 4.03. The number of hydrogen-bond acceptors (Lipinski definition) is 4. The van der Waals surface area contributed by atoms with Gasteiger partial charge in [-0.25, -0.2) is 0 Å². The Morgan fingerprint density at radius 3 is 2.33 bits per heavy atom. The summed E-state index contributed by atoms with van der Waals surface area (Å²) in [7, 11) is 1.64. The lowest BCUT2D eigenvalue weighted by atomic mass is 10.00. The van der Waals surface area contributed by atoms with Gasteiger partial charge < -0.3 is 9.84 Å². The molecule has 0 saturated carbocycles. The van der Waals surface area contributed by atoms with E-state index in [0.29, 0.717) is 12.2 Å². The van der Waals surface area contributed by atoms with Gasteiger partial charge in [-0.2, -0.15) is 5.10 Å². The minimum atomic E-state index is -0.937. The molecule has 0 aliphatic rings. The number of hydrogen-bond donors (Lipinski definition) is 1. The van der Waals surface area contributed by atoms with Crippen molar-refractivity contribution in [1.82, 2.24) is 9.78 Å². The molecule has 0 radical (unpaired) electrons. The van der Waals surface area contributed by atoms with Gasteiger partial charge in [0.2, 0.25) is 0 Å². The summed E-state index contributed by atoms with van der Waals surface area (Å²) < 4.78 is 6.96. The van der Waals surface area contributed by atoms with Crippen LogP contribution in [0.1, 0.15) is 38.2 Å². The molecule has 3 rings (SSSR count). The SMILES string of the molecule is COc1ccc(-c2ccc3c(C(=O)C(C)C)nn(CC(C)(C)O)c3c2)cc1. The van der Waals surface area contributed by atoms with Crippen LogP contribution in [0.5, 0.6) is 5.75 Å². The Labute approximate surface area is 159 Å². The minimum Gasteiger partial charge on any atom is -0.497 e. The number of ketones is 1. The Balaban J connectivity index is 2.15. The van der Waals surface area contributed by atoms with Crippen LogP contribution in [0, 0.1) is 5.92 Å². The van der Waals surface area contributed by atoms with Crippen LogP contribution >= 0.6 is 0 Å². The van der Waals surface area contributed by atoms with Crippen molar-refractivity contribution in [2.45, 2.75) is 39.8 Å². The molecule has 0 aliphatic carbocycles. The molecule has 1 aromatic heterocycles. The predicted molar refractivity (Wildman–Crippen MR) is 107 cm³/mol. The van der Waals surface area contributed by atoms with Crippen molar-refractivity contribution >= 4 is 16.7 Å². The van der Waals surface area contributed by atoms with Crippen LogP contribution in [0.2, 0.25) is 0 Å². The Kier molecular flexibility index (Phi) is 5.07. The van der Waals surface area contributed by atoms with Gasteiger partial charge in [-0.3, -0.25) is 9.48 Å². The highest BCUT2D eigenvalue weighted by molar-refractivity contribution is 6.07. The van der Waals surface area contributed by atoms with Crippen LogP contribution in [-0.4, -0.2) is 33.4 Å². The maximum Gasteiger partial charge on any atom is 0.186 e. The third-order valence-corrected chi connectivity index (χ3v) is 4.47. The van der Waals surface area contributed by atoms with Crippen molar-refractivity contribution in [3.05, 3.63) is 48.2 Å². The molecular weight excluding hydrogens is 340 g/mol. The molecule has 142 valence electrons. The van der Waals surface area contributed by atoms with Crippen molar-refractivity contribution in [3.63, 3.8) is 0 Å². The summed E-state index contributed by atoms with van der Waals surface area (Å²) in [6.07, 6.45) is 0. The van der Waals surface area contributed by atoms with E-state index in [9.17, 15) is 9.90 Å². The van der Waals surface area contributed by atoms with E-state index in [1.54, 1.807) is 25.6 Å². The first-order chi connectivity index (χ1) is 12.7. The molecule has 2 aromatic carbocycles. The van der Waals surface area contributed by atoms with E-state index in [2.05, 4.69) is 5.10 Å². The number of nitrogens with zero attached hydrogens (tertiary/aromatic N) is 2. The summed E-state index contributed by atoms with van der Waals surface area (Å²) >= 11 is 0. The van der Waals surface area contributed by atoms with Gasteiger partial charge in [-0.05, 0) is 49.2 Å². The van der Waals surface area contributed by atoms with Crippen LogP contribution in [0.15, 0.2) is 42.5 Å². The number of carbonyl (C=O) groups is 1. The van der Waals surface area contributed by atoms with Crippen LogP contribution in [0.4, 0.5) is 0 Å². The van der Waals surface area contributed by atoms with E-state index in [4.69, 9.17) is 4.74 Å². The second kappa shape index (κ2) is 7.16. The predicted octanol–water partition coefficient (Wildman–Crippen LogP) is 4.32. The van der Waals surface area contributed by atoms with Gasteiger partial charge in [-0.15, -0.1) is 0 Å². The topological polar surface area (TPSA) is 64.3 Å². The van der Waals surface area contributed by atoms with Crippen LogP contribution in [0.25, 0.3) is 22.0 Å². The lowest BCUT2D eigenvalue weighted by Gasteiger charge is -2.17. The van der Waals surface area contributed by atoms with Gasteiger partial charge >= 0.3 is 0 Å². The Bertz CT molecular complexity index is 964. The van der Waals surface area contributed by atoms with Crippen LogP contribution in [0.3, 0.4) is 0 Å². The minimum absolute atomic E-state index is 0.00620. The normalized spacial score (nSPS) is 12.0. The highest BCUT2D eigenvalue weighted by Crippen LogP contribution is 2.29. The van der Waals surface area contributed by atoms with E-state index in [1.807, 2.05) is 56.3 Å². The third-order valence-electron chi connectivity index (χ3n) is 4.47. The molecule has 0 spiro atoms. The molecule has 0 atom stereocenters. The molecule has 0 bridgehead atoms.